The average molecular weight is 268 g/mol. The largest absolute Gasteiger partial charge is 0.379 e. The van der Waals surface area contributed by atoms with E-state index < -0.39 is 0 Å². The van der Waals surface area contributed by atoms with Gasteiger partial charge in [-0.05, 0) is 24.6 Å². The first-order valence-electron chi connectivity index (χ1n) is 6.45. The number of anilines is 1. The lowest BCUT2D eigenvalue weighted by Crippen LogP contribution is -2.03. The minimum absolute atomic E-state index is 0.710. The second kappa shape index (κ2) is 5.56. The Morgan fingerprint density at radius 3 is 3.05 bits per heavy atom. The molecule has 0 saturated heterocycles. The van der Waals surface area contributed by atoms with Crippen molar-refractivity contribution in [1.82, 2.24) is 24.7 Å². The van der Waals surface area contributed by atoms with E-state index in [9.17, 15) is 0 Å². The van der Waals surface area contributed by atoms with Gasteiger partial charge in [-0.3, -0.25) is 0 Å². The molecule has 2 aromatic heterocycles. The molecule has 0 amide bonds. The molecule has 0 aliphatic carbocycles. The first kappa shape index (κ1) is 12.4. The van der Waals surface area contributed by atoms with E-state index in [4.69, 9.17) is 0 Å². The van der Waals surface area contributed by atoms with Crippen LogP contribution in [0.25, 0.3) is 0 Å². The standard InChI is InChI=1S/C14H16N6/c1-11-14(18-9-17-11)6-16-13-4-2-3-12(5-13)7-20-10-15-8-19-20/h2-5,8-10,16H,6-7H2,1H3,(H,17,18). The summed E-state index contributed by atoms with van der Waals surface area (Å²) >= 11 is 0. The monoisotopic (exact) mass is 268 g/mol. The van der Waals surface area contributed by atoms with Gasteiger partial charge in [0.25, 0.3) is 0 Å². The topological polar surface area (TPSA) is 71.4 Å². The lowest BCUT2D eigenvalue weighted by Gasteiger charge is -2.08. The maximum absolute atomic E-state index is 4.27. The maximum Gasteiger partial charge on any atom is 0.137 e. The van der Waals surface area contributed by atoms with Crippen molar-refractivity contribution in [1.29, 1.82) is 0 Å². The Morgan fingerprint density at radius 2 is 2.30 bits per heavy atom. The molecule has 0 spiro atoms. The van der Waals surface area contributed by atoms with E-state index in [1.54, 1.807) is 23.7 Å². The van der Waals surface area contributed by atoms with Crippen LogP contribution in [0.5, 0.6) is 0 Å². The van der Waals surface area contributed by atoms with Crippen LogP contribution in [0.3, 0.4) is 0 Å². The molecule has 20 heavy (non-hydrogen) atoms. The molecule has 0 aliphatic rings. The van der Waals surface area contributed by atoms with Gasteiger partial charge in [-0.2, -0.15) is 5.10 Å². The average Bonchev–Trinajstić information content (AvgIpc) is 3.09. The summed E-state index contributed by atoms with van der Waals surface area (Å²) < 4.78 is 1.80. The van der Waals surface area contributed by atoms with Gasteiger partial charge >= 0.3 is 0 Å². The van der Waals surface area contributed by atoms with Crippen molar-refractivity contribution in [2.24, 2.45) is 0 Å². The fraction of sp³-hybridized carbons (Fsp3) is 0.214. The van der Waals surface area contributed by atoms with E-state index in [0.717, 1.165) is 23.6 Å². The second-order valence-electron chi connectivity index (χ2n) is 4.62. The second-order valence-corrected chi connectivity index (χ2v) is 4.62. The van der Waals surface area contributed by atoms with Crippen LogP contribution in [-0.4, -0.2) is 24.7 Å². The van der Waals surface area contributed by atoms with Crippen LogP contribution in [0.15, 0.2) is 43.2 Å². The van der Waals surface area contributed by atoms with Crippen molar-refractivity contribution in [2.75, 3.05) is 5.32 Å². The van der Waals surface area contributed by atoms with Crippen molar-refractivity contribution in [3.63, 3.8) is 0 Å². The molecule has 3 aromatic rings. The summed E-state index contributed by atoms with van der Waals surface area (Å²) in [6.45, 7) is 3.45. The number of rotatable bonds is 5. The number of nitrogens with one attached hydrogen (secondary N) is 2. The highest BCUT2D eigenvalue weighted by molar-refractivity contribution is 5.46. The summed E-state index contributed by atoms with van der Waals surface area (Å²) in [5, 5.41) is 7.49. The molecule has 0 radical (unpaired) electrons. The van der Waals surface area contributed by atoms with Gasteiger partial charge in [-0.1, -0.05) is 12.1 Å². The highest BCUT2D eigenvalue weighted by atomic mass is 15.3. The van der Waals surface area contributed by atoms with Gasteiger partial charge in [0, 0.05) is 11.4 Å². The van der Waals surface area contributed by atoms with Crippen molar-refractivity contribution < 1.29 is 0 Å². The zero-order valence-corrected chi connectivity index (χ0v) is 11.2. The molecule has 0 saturated carbocycles. The number of H-pyrrole nitrogens is 1. The SMILES string of the molecule is Cc1[nH]cnc1CNc1cccc(Cn2cncn2)c1. The molecule has 6 nitrogen and oxygen atoms in total. The van der Waals surface area contributed by atoms with Crippen LogP contribution in [-0.2, 0) is 13.1 Å². The van der Waals surface area contributed by atoms with Crippen LogP contribution < -0.4 is 5.32 Å². The van der Waals surface area contributed by atoms with Gasteiger partial charge in [0.1, 0.15) is 12.7 Å². The number of hydrogen-bond acceptors (Lipinski definition) is 4. The molecule has 0 unspecified atom stereocenters. The molecule has 2 heterocycles. The molecule has 102 valence electrons. The lowest BCUT2D eigenvalue weighted by molar-refractivity contribution is 0.685. The van der Waals surface area contributed by atoms with Gasteiger partial charge in [-0.15, -0.1) is 0 Å². The number of nitrogens with zero attached hydrogens (tertiary/aromatic N) is 4. The zero-order valence-electron chi connectivity index (χ0n) is 11.2. The predicted molar refractivity (Wildman–Crippen MR) is 76.2 cm³/mol. The number of aryl methyl sites for hydroxylation is 1. The Labute approximate surface area is 116 Å². The normalized spacial score (nSPS) is 10.7. The molecule has 3 rings (SSSR count). The highest BCUT2D eigenvalue weighted by Crippen LogP contribution is 2.13. The predicted octanol–water partition coefficient (Wildman–Crippen LogP) is 1.97. The van der Waals surface area contributed by atoms with Gasteiger partial charge < -0.3 is 10.3 Å². The van der Waals surface area contributed by atoms with E-state index in [-0.39, 0.29) is 0 Å². The molecular weight excluding hydrogens is 252 g/mol. The van der Waals surface area contributed by atoms with Crippen LogP contribution in [0.2, 0.25) is 0 Å². The minimum atomic E-state index is 0.710. The van der Waals surface area contributed by atoms with Gasteiger partial charge in [0.2, 0.25) is 0 Å². The number of aromatic amines is 1. The molecule has 2 N–H and O–H groups in total. The summed E-state index contributed by atoms with van der Waals surface area (Å²) in [5.74, 6) is 0. The third-order valence-electron chi connectivity index (χ3n) is 3.13. The molecule has 0 aliphatic heterocycles. The summed E-state index contributed by atoms with van der Waals surface area (Å²) in [5.41, 5.74) is 4.38. The maximum atomic E-state index is 4.27. The van der Waals surface area contributed by atoms with E-state index in [2.05, 4.69) is 37.5 Å². The first-order chi connectivity index (χ1) is 9.81. The molecule has 0 bridgehead atoms. The third-order valence-corrected chi connectivity index (χ3v) is 3.13. The highest BCUT2D eigenvalue weighted by Gasteiger charge is 2.02. The number of imidazole rings is 1. The Hall–Kier alpha value is -2.63. The smallest absolute Gasteiger partial charge is 0.137 e. The van der Waals surface area contributed by atoms with E-state index in [1.165, 1.54) is 5.56 Å². The van der Waals surface area contributed by atoms with Crippen molar-refractivity contribution in [2.45, 2.75) is 20.0 Å². The van der Waals surface area contributed by atoms with Crippen molar-refractivity contribution in [3.8, 4) is 0 Å². The van der Waals surface area contributed by atoms with E-state index in [1.807, 2.05) is 19.1 Å². The first-order valence-corrected chi connectivity index (χ1v) is 6.45. The number of benzene rings is 1. The van der Waals surface area contributed by atoms with Gasteiger partial charge in [0.15, 0.2) is 0 Å². The Bertz CT molecular complexity index is 671. The summed E-state index contributed by atoms with van der Waals surface area (Å²) in [6.07, 6.45) is 4.98. The molecule has 0 atom stereocenters. The van der Waals surface area contributed by atoms with E-state index >= 15 is 0 Å². The molecular formula is C14H16N6. The van der Waals surface area contributed by atoms with Crippen LogP contribution >= 0.6 is 0 Å². The molecule has 1 aromatic carbocycles. The third kappa shape index (κ3) is 2.85. The fourth-order valence-corrected chi connectivity index (χ4v) is 2.03. The number of aromatic nitrogens is 5. The van der Waals surface area contributed by atoms with Gasteiger partial charge in [0.05, 0.1) is 25.1 Å². The van der Waals surface area contributed by atoms with Crippen molar-refractivity contribution in [3.05, 3.63) is 60.2 Å². The minimum Gasteiger partial charge on any atom is -0.379 e. The summed E-state index contributed by atoms with van der Waals surface area (Å²) in [6, 6.07) is 8.27. The van der Waals surface area contributed by atoms with Crippen LogP contribution in [0, 0.1) is 6.92 Å². The Balaban J connectivity index is 1.67. The molecule has 6 heteroatoms. The van der Waals surface area contributed by atoms with Crippen LogP contribution in [0.4, 0.5) is 5.69 Å². The Morgan fingerprint density at radius 1 is 1.35 bits per heavy atom. The van der Waals surface area contributed by atoms with Crippen LogP contribution in [0.1, 0.15) is 17.0 Å². The fourth-order valence-electron chi connectivity index (χ4n) is 2.03. The Kier molecular flexibility index (Phi) is 3.45. The summed E-state index contributed by atoms with van der Waals surface area (Å²) in [4.78, 5) is 11.3. The van der Waals surface area contributed by atoms with Crippen molar-refractivity contribution >= 4 is 5.69 Å². The quantitative estimate of drug-likeness (QED) is 0.742. The summed E-state index contributed by atoms with van der Waals surface area (Å²) in [7, 11) is 0. The molecule has 0 fully saturated rings. The van der Waals surface area contributed by atoms with E-state index in [0.29, 0.717) is 6.54 Å². The van der Waals surface area contributed by atoms with Gasteiger partial charge in [-0.25, -0.2) is 14.6 Å². The lowest BCUT2D eigenvalue weighted by atomic mass is 10.2. The number of hydrogen-bond donors (Lipinski definition) is 2. The zero-order chi connectivity index (χ0) is 13.8.